The number of aryl methyl sites for hydroxylation is 2. The third kappa shape index (κ3) is 3.99. The molecule has 4 heteroatoms. The van der Waals surface area contributed by atoms with Gasteiger partial charge in [-0.05, 0) is 43.9 Å². The second kappa shape index (κ2) is 6.42. The highest BCUT2D eigenvalue weighted by Crippen LogP contribution is 2.17. The van der Waals surface area contributed by atoms with Crippen molar-refractivity contribution in [3.63, 3.8) is 0 Å². The molecule has 0 aromatic heterocycles. The maximum absolute atomic E-state index is 12.0. The van der Waals surface area contributed by atoms with Crippen LogP contribution in [0.2, 0.25) is 0 Å². The molecule has 1 unspecified atom stereocenters. The molecule has 0 aliphatic heterocycles. The molecule has 0 radical (unpaired) electrons. The van der Waals surface area contributed by atoms with E-state index in [-0.39, 0.29) is 18.4 Å². The maximum Gasteiger partial charge on any atom is 0.240 e. The molecule has 0 fully saturated rings. The van der Waals surface area contributed by atoms with Gasteiger partial charge in [0.15, 0.2) is 0 Å². The van der Waals surface area contributed by atoms with Gasteiger partial charge in [0.2, 0.25) is 5.91 Å². The lowest BCUT2D eigenvalue weighted by Crippen LogP contribution is -2.50. The van der Waals surface area contributed by atoms with Crippen LogP contribution in [0.3, 0.4) is 0 Å². The van der Waals surface area contributed by atoms with E-state index in [1.54, 1.807) is 6.92 Å². The number of amides is 1. The van der Waals surface area contributed by atoms with Crippen LogP contribution in [0.1, 0.15) is 31.9 Å². The number of carbonyl (C=O) groups excluding carboxylic acids is 1. The van der Waals surface area contributed by atoms with Crippen LogP contribution in [-0.2, 0) is 4.79 Å². The van der Waals surface area contributed by atoms with Gasteiger partial charge in [-0.15, -0.1) is 0 Å². The first-order valence-electron chi connectivity index (χ1n) is 6.82. The van der Waals surface area contributed by atoms with Crippen molar-refractivity contribution in [2.24, 2.45) is 5.92 Å². The summed E-state index contributed by atoms with van der Waals surface area (Å²) in [6.07, 6.45) is 0. The molecule has 108 valence electrons. The highest BCUT2D eigenvalue weighted by Gasteiger charge is 2.29. The monoisotopic (exact) mass is 273 g/mol. The third-order valence-electron chi connectivity index (χ3n) is 3.62. The van der Waals surface area contributed by atoms with Gasteiger partial charge in [0.25, 0.3) is 0 Å². The number of nitrogens with zero attached hydrogens (tertiary/aromatic N) is 1. The van der Waals surface area contributed by atoms with Crippen LogP contribution >= 0.6 is 0 Å². The smallest absolute Gasteiger partial charge is 0.240 e. The Hall–Kier alpha value is -2.02. The van der Waals surface area contributed by atoms with Gasteiger partial charge in [-0.2, -0.15) is 5.26 Å². The van der Waals surface area contributed by atoms with Crippen molar-refractivity contribution in [1.82, 2.24) is 5.32 Å². The van der Waals surface area contributed by atoms with Crippen LogP contribution in [0.4, 0.5) is 5.69 Å². The zero-order valence-corrected chi connectivity index (χ0v) is 12.9. The van der Waals surface area contributed by atoms with E-state index in [4.69, 9.17) is 0 Å². The summed E-state index contributed by atoms with van der Waals surface area (Å²) in [6, 6.07) is 8.23. The summed E-state index contributed by atoms with van der Waals surface area (Å²) in [7, 11) is 0. The maximum atomic E-state index is 12.0. The lowest BCUT2D eigenvalue weighted by Gasteiger charge is -2.27. The molecule has 1 amide bonds. The van der Waals surface area contributed by atoms with Crippen molar-refractivity contribution in [3.05, 3.63) is 29.3 Å². The van der Waals surface area contributed by atoms with Crippen molar-refractivity contribution in [3.8, 4) is 6.07 Å². The van der Waals surface area contributed by atoms with E-state index in [1.807, 2.05) is 45.9 Å². The van der Waals surface area contributed by atoms with Crippen molar-refractivity contribution in [2.75, 3.05) is 11.9 Å². The number of anilines is 1. The molecule has 20 heavy (non-hydrogen) atoms. The van der Waals surface area contributed by atoms with E-state index >= 15 is 0 Å². The second-order valence-corrected chi connectivity index (χ2v) is 5.69. The Morgan fingerprint density at radius 3 is 2.60 bits per heavy atom. The average Bonchev–Trinajstić information content (AvgIpc) is 2.39. The number of carbonyl (C=O) groups is 1. The molecule has 0 aliphatic carbocycles. The lowest BCUT2D eigenvalue weighted by molar-refractivity contribution is -0.121. The SMILES string of the molecule is Cc1ccc(C)c(NCC(=O)NC(C)(C#N)C(C)C)c1. The number of hydrogen-bond acceptors (Lipinski definition) is 3. The normalized spacial score (nSPS) is 13.4. The Labute approximate surface area is 121 Å². The minimum Gasteiger partial charge on any atom is -0.376 e. The van der Waals surface area contributed by atoms with E-state index in [2.05, 4.69) is 16.7 Å². The van der Waals surface area contributed by atoms with Crippen molar-refractivity contribution in [2.45, 2.75) is 40.2 Å². The van der Waals surface area contributed by atoms with Crippen LogP contribution < -0.4 is 10.6 Å². The van der Waals surface area contributed by atoms with Gasteiger partial charge in [-0.1, -0.05) is 26.0 Å². The van der Waals surface area contributed by atoms with Gasteiger partial charge < -0.3 is 10.6 Å². The third-order valence-corrected chi connectivity index (χ3v) is 3.62. The number of benzene rings is 1. The van der Waals surface area contributed by atoms with Gasteiger partial charge in [0.1, 0.15) is 5.54 Å². The number of nitrogens with one attached hydrogen (secondary N) is 2. The summed E-state index contributed by atoms with van der Waals surface area (Å²) < 4.78 is 0. The number of hydrogen-bond donors (Lipinski definition) is 2. The summed E-state index contributed by atoms with van der Waals surface area (Å²) in [5.41, 5.74) is 2.35. The fourth-order valence-electron chi connectivity index (χ4n) is 1.74. The Morgan fingerprint density at radius 2 is 2.05 bits per heavy atom. The van der Waals surface area contributed by atoms with E-state index in [1.165, 1.54) is 0 Å². The van der Waals surface area contributed by atoms with Crippen molar-refractivity contribution >= 4 is 11.6 Å². The molecular weight excluding hydrogens is 250 g/mol. The molecule has 0 spiro atoms. The Balaban J connectivity index is 2.65. The van der Waals surface area contributed by atoms with E-state index in [0.717, 1.165) is 16.8 Å². The summed E-state index contributed by atoms with van der Waals surface area (Å²) in [5.74, 6) is -0.124. The van der Waals surface area contributed by atoms with Crippen molar-refractivity contribution in [1.29, 1.82) is 5.26 Å². The molecule has 1 aromatic carbocycles. The first kappa shape index (κ1) is 16.0. The van der Waals surface area contributed by atoms with Gasteiger partial charge in [0.05, 0.1) is 12.6 Å². The molecule has 1 atom stereocenters. The van der Waals surface area contributed by atoms with Gasteiger partial charge in [-0.3, -0.25) is 4.79 Å². The molecule has 0 saturated carbocycles. The van der Waals surface area contributed by atoms with Crippen LogP contribution in [0, 0.1) is 31.1 Å². The molecule has 0 heterocycles. The minimum absolute atomic E-state index is 0.0529. The largest absolute Gasteiger partial charge is 0.376 e. The number of rotatable bonds is 5. The predicted octanol–water partition coefficient (Wildman–Crippen LogP) is 2.77. The predicted molar refractivity (Wildman–Crippen MR) is 81.4 cm³/mol. The molecule has 0 bridgehead atoms. The number of nitriles is 1. The van der Waals surface area contributed by atoms with Crippen LogP contribution in [0.15, 0.2) is 18.2 Å². The highest BCUT2D eigenvalue weighted by atomic mass is 16.2. The van der Waals surface area contributed by atoms with Crippen LogP contribution in [-0.4, -0.2) is 18.0 Å². The van der Waals surface area contributed by atoms with Gasteiger partial charge in [-0.25, -0.2) is 0 Å². The zero-order chi connectivity index (χ0) is 15.3. The van der Waals surface area contributed by atoms with Crippen molar-refractivity contribution < 1.29 is 4.79 Å². The van der Waals surface area contributed by atoms with Crippen LogP contribution in [0.5, 0.6) is 0 Å². The zero-order valence-electron chi connectivity index (χ0n) is 12.9. The van der Waals surface area contributed by atoms with Crippen LogP contribution in [0.25, 0.3) is 0 Å². The van der Waals surface area contributed by atoms with E-state index in [0.29, 0.717) is 0 Å². The minimum atomic E-state index is -0.833. The summed E-state index contributed by atoms with van der Waals surface area (Å²) in [6.45, 7) is 9.74. The Kier molecular flexibility index (Phi) is 5.15. The second-order valence-electron chi connectivity index (χ2n) is 5.69. The summed E-state index contributed by atoms with van der Waals surface area (Å²) in [5, 5.41) is 15.1. The quantitative estimate of drug-likeness (QED) is 0.867. The summed E-state index contributed by atoms with van der Waals surface area (Å²) in [4.78, 5) is 12.0. The first-order valence-corrected chi connectivity index (χ1v) is 6.82. The fraction of sp³-hybridized carbons (Fsp3) is 0.500. The van der Waals surface area contributed by atoms with Gasteiger partial charge >= 0.3 is 0 Å². The average molecular weight is 273 g/mol. The van der Waals surface area contributed by atoms with E-state index < -0.39 is 5.54 Å². The molecule has 4 nitrogen and oxygen atoms in total. The topological polar surface area (TPSA) is 64.9 Å². The summed E-state index contributed by atoms with van der Waals surface area (Å²) >= 11 is 0. The lowest BCUT2D eigenvalue weighted by atomic mass is 9.90. The molecule has 1 aromatic rings. The molecule has 2 N–H and O–H groups in total. The Morgan fingerprint density at radius 1 is 1.40 bits per heavy atom. The standard InChI is InChI=1S/C16H23N3O/c1-11(2)16(5,10-17)19-15(20)9-18-14-8-12(3)6-7-13(14)4/h6-8,11,18H,9H2,1-5H3,(H,19,20). The molecule has 0 aliphatic rings. The first-order chi connectivity index (χ1) is 9.28. The highest BCUT2D eigenvalue weighted by molar-refractivity contribution is 5.82. The molecular formula is C16H23N3O. The van der Waals surface area contributed by atoms with Gasteiger partial charge in [0, 0.05) is 5.69 Å². The molecule has 1 rings (SSSR count). The Bertz CT molecular complexity index is 531. The fourth-order valence-corrected chi connectivity index (χ4v) is 1.74. The van der Waals surface area contributed by atoms with E-state index in [9.17, 15) is 10.1 Å². The molecule has 0 saturated heterocycles.